The van der Waals surface area contributed by atoms with Gasteiger partial charge in [0.25, 0.3) is 0 Å². The van der Waals surface area contributed by atoms with Gasteiger partial charge >= 0.3 is 5.97 Å². The van der Waals surface area contributed by atoms with E-state index in [1.807, 2.05) is 18.2 Å². The molecule has 3 saturated carbocycles. The van der Waals surface area contributed by atoms with E-state index >= 15 is 0 Å². The summed E-state index contributed by atoms with van der Waals surface area (Å²) < 4.78 is 23.3. The van der Waals surface area contributed by atoms with Crippen molar-refractivity contribution in [3.63, 3.8) is 0 Å². The number of methoxy groups -OCH3 is 2. The molecule has 0 bridgehead atoms. The van der Waals surface area contributed by atoms with Crippen LogP contribution >= 0.6 is 0 Å². The molecule has 236 valence electrons. The lowest BCUT2D eigenvalue weighted by Gasteiger charge is -2.57. The molecule has 0 aliphatic heterocycles. The lowest BCUT2D eigenvalue weighted by atomic mass is 9.47. The fourth-order valence-corrected chi connectivity index (χ4v) is 9.52. The third-order valence-electron chi connectivity index (χ3n) is 12.0. The van der Waals surface area contributed by atoms with Crippen molar-refractivity contribution >= 4 is 22.7 Å². The summed E-state index contributed by atoms with van der Waals surface area (Å²) in [6, 6.07) is 12.4. The Bertz CT molecular complexity index is 1750. The van der Waals surface area contributed by atoms with Crippen LogP contribution in [-0.4, -0.2) is 32.1 Å². The Balaban J connectivity index is 1.15. The van der Waals surface area contributed by atoms with Crippen LogP contribution in [0.3, 0.4) is 0 Å². The minimum Gasteiger partial charge on any atom is -0.497 e. The molecule has 4 aliphatic rings. The quantitative estimate of drug-likeness (QED) is 0.268. The zero-order chi connectivity index (χ0) is 31.5. The highest BCUT2D eigenvalue weighted by Crippen LogP contribution is 2.65. The number of ether oxygens (including phenoxy) is 3. The second kappa shape index (κ2) is 11.2. The van der Waals surface area contributed by atoms with Gasteiger partial charge in [-0.2, -0.15) is 0 Å². The number of benzene rings is 2. The fourth-order valence-electron chi connectivity index (χ4n) is 9.52. The maximum Gasteiger partial charge on any atom is 0.310 e. The average Bonchev–Trinajstić information content (AvgIpc) is 3.38. The van der Waals surface area contributed by atoms with Crippen LogP contribution in [-0.2, 0) is 20.7 Å². The smallest absolute Gasteiger partial charge is 0.310 e. The Morgan fingerprint density at radius 3 is 2.40 bits per heavy atom. The summed E-state index contributed by atoms with van der Waals surface area (Å²) in [6.45, 7) is 4.71. The van der Waals surface area contributed by atoms with Crippen molar-refractivity contribution in [2.75, 3.05) is 14.2 Å². The van der Waals surface area contributed by atoms with Crippen molar-refractivity contribution < 1.29 is 28.2 Å². The number of ketones is 1. The third kappa shape index (κ3) is 4.90. The van der Waals surface area contributed by atoms with E-state index in [1.165, 1.54) is 5.57 Å². The average molecular weight is 611 g/mol. The second-order valence-electron chi connectivity index (χ2n) is 14.1. The van der Waals surface area contributed by atoms with Gasteiger partial charge in [0.2, 0.25) is 0 Å². The molecule has 0 N–H and O–H groups in total. The van der Waals surface area contributed by atoms with E-state index < -0.39 is 5.97 Å². The summed E-state index contributed by atoms with van der Waals surface area (Å²) in [5.74, 6) is 3.13. The molecule has 7 heteroatoms. The zero-order valence-electron chi connectivity index (χ0n) is 26.6. The van der Waals surface area contributed by atoms with Crippen molar-refractivity contribution in [2.45, 2.75) is 77.7 Å². The summed E-state index contributed by atoms with van der Waals surface area (Å²) in [5, 5.41) is 0.394. The number of hydrogen-bond acceptors (Lipinski definition) is 7. The number of allylic oxidation sites excluding steroid dienone is 1. The van der Waals surface area contributed by atoms with Crippen molar-refractivity contribution in [1.82, 2.24) is 0 Å². The first-order chi connectivity index (χ1) is 21.6. The summed E-state index contributed by atoms with van der Waals surface area (Å²) in [7, 11) is 3.16. The van der Waals surface area contributed by atoms with Crippen LogP contribution < -0.4 is 14.9 Å². The second-order valence-corrected chi connectivity index (χ2v) is 14.1. The number of esters is 1. The van der Waals surface area contributed by atoms with Crippen LogP contribution in [0.25, 0.3) is 22.3 Å². The molecule has 1 aromatic heterocycles. The maximum absolute atomic E-state index is 13.9. The number of carbonyl (C=O) groups excluding carboxylic acids is 2. The Kier molecular flexibility index (Phi) is 7.41. The van der Waals surface area contributed by atoms with Crippen LogP contribution in [0, 0.1) is 28.6 Å². The normalized spacial score (nSPS) is 30.6. The fraction of sp³-hybridized carbons (Fsp3) is 0.500. The van der Waals surface area contributed by atoms with Gasteiger partial charge < -0.3 is 18.6 Å². The predicted molar refractivity (Wildman–Crippen MR) is 171 cm³/mol. The van der Waals surface area contributed by atoms with E-state index in [2.05, 4.69) is 13.8 Å². The van der Waals surface area contributed by atoms with Crippen molar-refractivity contribution in [3.8, 4) is 22.8 Å². The number of fused-ring (bicyclic) bond motifs is 6. The van der Waals surface area contributed by atoms with Crippen LogP contribution in [0.5, 0.6) is 11.5 Å². The van der Waals surface area contributed by atoms with Crippen molar-refractivity contribution in [2.24, 2.45) is 28.6 Å². The SMILES string of the molecule is COc1ccc(-c2oc3cc(OC)ccc3c(=O)c2CC(=O)O[C@H]2CC[C@H]3[C@@H]4CCC5=CC(=O)CC[C@]5(C)[C@H]4CC[C@]23C)cc1. The van der Waals surface area contributed by atoms with Crippen LogP contribution in [0.2, 0.25) is 0 Å². The molecule has 1 heterocycles. The van der Waals surface area contributed by atoms with Gasteiger partial charge in [-0.15, -0.1) is 0 Å². The van der Waals surface area contributed by atoms with E-state index in [1.54, 1.807) is 44.6 Å². The first kappa shape index (κ1) is 29.8. The lowest BCUT2D eigenvalue weighted by Crippen LogP contribution is -2.51. The minimum atomic E-state index is -0.398. The predicted octanol–water partition coefficient (Wildman–Crippen LogP) is 7.46. The molecule has 7 nitrogen and oxygen atoms in total. The molecule has 2 aromatic carbocycles. The molecule has 3 aromatic rings. The number of rotatable bonds is 6. The molecule has 0 unspecified atom stereocenters. The van der Waals surface area contributed by atoms with Gasteiger partial charge in [0.1, 0.15) is 28.9 Å². The molecular formula is C38H42O7. The van der Waals surface area contributed by atoms with E-state index in [4.69, 9.17) is 18.6 Å². The summed E-state index contributed by atoms with van der Waals surface area (Å²) in [6.07, 6.45) is 9.28. The van der Waals surface area contributed by atoms with Gasteiger partial charge in [-0.1, -0.05) is 19.4 Å². The van der Waals surface area contributed by atoms with E-state index in [-0.39, 0.29) is 40.1 Å². The molecular weight excluding hydrogens is 568 g/mol. The van der Waals surface area contributed by atoms with Gasteiger partial charge in [-0.3, -0.25) is 14.4 Å². The number of hydrogen-bond donors (Lipinski definition) is 0. The molecule has 0 spiro atoms. The molecule has 6 atom stereocenters. The van der Waals surface area contributed by atoms with E-state index in [0.29, 0.717) is 58.0 Å². The van der Waals surface area contributed by atoms with Gasteiger partial charge in [0.15, 0.2) is 11.2 Å². The lowest BCUT2D eigenvalue weighted by molar-refractivity contribution is -0.159. The number of carbonyl (C=O) groups is 2. The van der Waals surface area contributed by atoms with Crippen molar-refractivity contribution in [3.05, 3.63) is 69.9 Å². The molecule has 4 aliphatic carbocycles. The van der Waals surface area contributed by atoms with Gasteiger partial charge in [0.05, 0.1) is 31.6 Å². The highest BCUT2D eigenvalue weighted by Gasteiger charge is 2.60. The van der Waals surface area contributed by atoms with Gasteiger partial charge in [0, 0.05) is 23.5 Å². The molecule has 0 radical (unpaired) electrons. The summed E-state index contributed by atoms with van der Waals surface area (Å²) in [5.41, 5.74) is 2.49. The minimum absolute atomic E-state index is 0.0949. The largest absolute Gasteiger partial charge is 0.497 e. The Morgan fingerprint density at radius 2 is 1.64 bits per heavy atom. The topological polar surface area (TPSA) is 92.0 Å². The molecule has 0 saturated heterocycles. The van der Waals surface area contributed by atoms with Crippen LogP contribution in [0.1, 0.15) is 70.8 Å². The summed E-state index contributed by atoms with van der Waals surface area (Å²) >= 11 is 0. The first-order valence-corrected chi connectivity index (χ1v) is 16.4. The summed E-state index contributed by atoms with van der Waals surface area (Å²) in [4.78, 5) is 39.8. The standard InChI is InChI=1S/C38H42O7/c1-37-17-15-24(39)19-23(37)7-11-27-30-13-14-33(38(30,2)18-16-31(27)37)45-34(40)21-29-35(41)28-12-10-26(43-4)20-32(28)44-36(29)22-5-8-25(42-3)9-6-22/h5-6,8-10,12,19-20,27,30-31,33H,7,11,13-18,21H2,1-4H3/t27-,30-,31-,33-,37-,38-/m0/s1. The Hall–Kier alpha value is -3.87. The van der Waals surface area contributed by atoms with Crippen LogP contribution in [0.15, 0.2) is 63.3 Å². The highest BCUT2D eigenvalue weighted by molar-refractivity contribution is 5.91. The zero-order valence-corrected chi connectivity index (χ0v) is 26.6. The third-order valence-corrected chi connectivity index (χ3v) is 12.0. The molecule has 0 amide bonds. The Labute approximate surface area is 263 Å². The van der Waals surface area contributed by atoms with E-state index in [9.17, 15) is 14.4 Å². The first-order valence-electron chi connectivity index (χ1n) is 16.4. The molecule has 3 fully saturated rings. The van der Waals surface area contributed by atoms with Gasteiger partial charge in [-0.25, -0.2) is 0 Å². The monoisotopic (exact) mass is 610 g/mol. The van der Waals surface area contributed by atoms with Crippen LogP contribution in [0.4, 0.5) is 0 Å². The molecule has 7 rings (SSSR count). The molecule has 45 heavy (non-hydrogen) atoms. The highest BCUT2D eigenvalue weighted by atomic mass is 16.5. The van der Waals surface area contributed by atoms with Gasteiger partial charge in [-0.05, 0) is 111 Å². The van der Waals surface area contributed by atoms with E-state index in [0.717, 1.165) is 44.9 Å². The van der Waals surface area contributed by atoms with Crippen molar-refractivity contribution in [1.29, 1.82) is 0 Å². The maximum atomic E-state index is 13.9. The Morgan fingerprint density at radius 1 is 0.889 bits per heavy atom.